The van der Waals surface area contributed by atoms with Crippen LogP contribution in [0.5, 0.6) is 0 Å². The first-order chi connectivity index (χ1) is 12.9. The molecule has 9 heteroatoms. The summed E-state index contributed by atoms with van der Waals surface area (Å²) in [5.41, 5.74) is 1.66. The number of hydrogen-bond acceptors (Lipinski definition) is 5. The molecule has 2 amide bonds. The predicted molar refractivity (Wildman–Crippen MR) is 94.3 cm³/mol. The van der Waals surface area contributed by atoms with Crippen LogP contribution in [0.2, 0.25) is 0 Å². The molecule has 0 radical (unpaired) electrons. The monoisotopic (exact) mass is 373 g/mol. The van der Waals surface area contributed by atoms with Crippen LogP contribution in [-0.4, -0.2) is 53.8 Å². The Morgan fingerprint density at radius 2 is 2.19 bits per heavy atom. The number of likely N-dealkylation sites (tertiary alicyclic amines) is 1. The third kappa shape index (κ3) is 3.65. The minimum atomic E-state index is -3.09. The number of rotatable bonds is 4. The molecule has 2 heterocycles. The van der Waals surface area contributed by atoms with E-state index in [0.29, 0.717) is 16.5 Å². The Labute approximate surface area is 154 Å². The molecule has 1 aromatic carbocycles. The lowest BCUT2D eigenvalue weighted by atomic mass is 10.1. The average Bonchev–Trinajstić information content (AvgIpc) is 2.99. The molecule has 7 nitrogen and oxygen atoms in total. The second-order valence-corrected chi connectivity index (χ2v) is 6.22. The minimum absolute atomic E-state index is 0.313. The van der Waals surface area contributed by atoms with E-state index in [1.807, 2.05) is 6.07 Å². The zero-order valence-corrected chi connectivity index (χ0v) is 14.5. The van der Waals surface area contributed by atoms with Gasteiger partial charge in [-0.3, -0.25) is 14.6 Å². The number of nitrogens with zero attached hydrogens (tertiary/aromatic N) is 3. The summed E-state index contributed by atoms with van der Waals surface area (Å²) in [5.74, 6) is -4.34. The van der Waals surface area contributed by atoms with E-state index in [1.165, 1.54) is 12.3 Å². The van der Waals surface area contributed by atoms with Crippen LogP contribution in [-0.2, 0) is 4.79 Å². The van der Waals surface area contributed by atoms with Gasteiger partial charge in [0.05, 0.1) is 35.9 Å². The molecule has 1 atom stereocenters. The number of anilines is 1. The van der Waals surface area contributed by atoms with Gasteiger partial charge in [-0.25, -0.2) is 8.78 Å². The van der Waals surface area contributed by atoms with Gasteiger partial charge in [0, 0.05) is 25.1 Å². The van der Waals surface area contributed by atoms with Crippen molar-refractivity contribution >= 4 is 28.4 Å². The van der Waals surface area contributed by atoms with E-state index in [-0.39, 0.29) is 0 Å². The number of para-hydroxylation sites is 1. The highest BCUT2D eigenvalue weighted by Gasteiger charge is 2.47. The van der Waals surface area contributed by atoms with E-state index in [1.54, 1.807) is 25.2 Å². The predicted octanol–water partition coefficient (Wildman–Crippen LogP) is 1.77. The topological polar surface area (TPSA) is 98.1 Å². The first-order valence-corrected chi connectivity index (χ1v) is 8.27. The van der Waals surface area contributed by atoms with Crippen molar-refractivity contribution in [1.29, 1.82) is 5.26 Å². The average molecular weight is 373 g/mol. The van der Waals surface area contributed by atoms with Crippen LogP contribution >= 0.6 is 0 Å². The maximum atomic E-state index is 13.5. The van der Waals surface area contributed by atoms with E-state index in [0.717, 1.165) is 10.6 Å². The molecule has 0 saturated carbocycles. The third-order valence-corrected chi connectivity index (χ3v) is 4.42. The van der Waals surface area contributed by atoms with Gasteiger partial charge >= 0.3 is 0 Å². The summed E-state index contributed by atoms with van der Waals surface area (Å²) in [5, 5.41) is 15.0. The first kappa shape index (κ1) is 18.5. The second kappa shape index (κ2) is 7.15. The normalized spacial score (nSPS) is 18.1. The molecule has 1 fully saturated rings. The highest BCUT2D eigenvalue weighted by Crippen LogP contribution is 2.31. The van der Waals surface area contributed by atoms with Crippen molar-refractivity contribution < 1.29 is 18.4 Å². The summed E-state index contributed by atoms with van der Waals surface area (Å²) in [4.78, 5) is 29.8. The van der Waals surface area contributed by atoms with Crippen LogP contribution in [0.4, 0.5) is 14.5 Å². The molecule has 1 aliphatic rings. The van der Waals surface area contributed by atoms with E-state index < -0.39 is 43.3 Å². The van der Waals surface area contributed by atoms with Crippen molar-refractivity contribution in [3.05, 3.63) is 36.0 Å². The Morgan fingerprint density at radius 1 is 1.41 bits per heavy atom. The van der Waals surface area contributed by atoms with E-state index in [9.17, 15) is 18.4 Å². The van der Waals surface area contributed by atoms with E-state index in [4.69, 9.17) is 5.26 Å². The van der Waals surface area contributed by atoms with Crippen LogP contribution in [0.15, 0.2) is 30.5 Å². The summed E-state index contributed by atoms with van der Waals surface area (Å²) in [6.45, 7) is -1.29. The number of nitriles is 1. The van der Waals surface area contributed by atoms with Gasteiger partial charge in [0.25, 0.3) is 11.8 Å². The molecule has 2 aromatic rings. The fraction of sp³-hybridized carbons (Fsp3) is 0.333. The van der Waals surface area contributed by atoms with Crippen LogP contribution < -0.4 is 10.6 Å². The number of carbonyl (C=O) groups is 2. The molecule has 0 bridgehead atoms. The maximum absolute atomic E-state index is 13.5. The first-order valence-electron chi connectivity index (χ1n) is 8.27. The van der Waals surface area contributed by atoms with Gasteiger partial charge in [0.1, 0.15) is 6.04 Å². The number of halogens is 2. The lowest BCUT2D eigenvalue weighted by Crippen LogP contribution is -2.43. The molecular weight excluding hydrogens is 356 g/mol. The molecule has 0 aliphatic carbocycles. The quantitative estimate of drug-likeness (QED) is 0.851. The number of carbonyl (C=O) groups excluding carboxylic acids is 2. The standard InChI is InChI=1S/C18H17F2N5O2/c1-22-14-4-2-3-12-13(5-6-23-16(12)14)17(27)24-9-15(26)25-10-18(19,20)7-11(25)8-21/h2-6,11,22H,7,9-10H2,1H3,(H,24,27)/t11-/m0/s1. The number of amides is 2. The van der Waals surface area contributed by atoms with Crippen molar-refractivity contribution in [2.24, 2.45) is 0 Å². The van der Waals surface area contributed by atoms with Crippen molar-refractivity contribution in [2.75, 3.05) is 25.5 Å². The van der Waals surface area contributed by atoms with Gasteiger partial charge in [0.2, 0.25) is 5.91 Å². The van der Waals surface area contributed by atoms with E-state index in [2.05, 4.69) is 15.6 Å². The Kier molecular flexibility index (Phi) is 4.90. The molecule has 3 rings (SSSR count). The molecule has 27 heavy (non-hydrogen) atoms. The molecule has 0 spiro atoms. The second-order valence-electron chi connectivity index (χ2n) is 6.22. The molecule has 2 N–H and O–H groups in total. The Balaban J connectivity index is 1.74. The highest BCUT2D eigenvalue weighted by atomic mass is 19.3. The van der Waals surface area contributed by atoms with Crippen molar-refractivity contribution in [3.63, 3.8) is 0 Å². The fourth-order valence-electron chi connectivity index (χ4n) is 3.12. The third-order valence-electron chi connectivity index (χ3n) is 4.42. The van der Waals surface area contributed by atoms with Crippen LogP contribution in [0.3, 0.4) is 0 Å². The Hall–Kier alpha value is -3.28. The van der Waals surface area contributed by atoms with Gasteiger partial charge in [-0.2, -0.15) is 5.26 Å². The molecule has 1 aliphatic heterocycles. The molecule has 0 unspecified atom stereocenters. The largest absolute Gasteiger partial charge is 0.386 e. The number of benzene rings is 1. The molecule has 140 valence electrons. The van der Waals surface area contributed by atoms with Crippen molar-refractivity contribution in [2.45, 2.75) is 18.4 Å². The van der Waals surface area contributed by atoms with Gasteiger partial charge in [-0.1, -0.05) is 12.1 Å². The summed E-state index contributed by atoms with van der Waals surface area (Å²) in [6.07, 6.45) is 0.789. The molecular formula is C18H17F2N5O2. The van der Waals surface area contributed by atoms with Crippen molar-refractivity contribution in [1.82, 2.24) is 15.2 Å². The lowest BCUT2D eigenvalue weighted by Gasteiger charge is -2.19. The van der Waals surface area contributed by atoms with E-state index >= 15 is 0 Å². The number of hydrogen-bond donors (Lipinski definition) is 2. The van der Waals surface area contributed by atoms with Crippen molar-refractivity contribution in [3.8, 4) is 6.07 Å². The number of nitrogens with one attached hydrogen (secondary N) is 2. The van der Waals surface area contributed by atoms with Crippen LogP contribution in [0.25, 0.3) is 10.9 Å². The number of pyridine rings is 1. The number of aromatic nitrogens is 1. The van der Waals surface area contributed by atoms with Gasteiger partial charge in [-0.15, -0.1) is 0 Å². The zero-order valence-electron chi connectivity index (χ0n) is 14.5. The Morgan fingerprint density at radius 3 is 2.89 bits per heavy atom. The SMILES string of the molecule is CNc1cccc2c(C(=O)NCC(=O)N3CC(F)(F)C[C@H]3C#N)ccnc12. The maximum Gasteiger partial charge on any atom is 0.268 e. The summed E-state index contributed by atoms with van der Waals surface area (Å²) < 4.78 is 26.9. The Bertz CT molecular complexity index is 941. The lowest BCUT2D eigenvalue weighted by molar-refractivity contribution is -0.131. The van der Waals surface area contributed by atoms with Gasteiger partial charge in [0.15, 0.2) is 0 Å². The van der Waals surface area contributed by atoms with Crippen LogP contribution in [0, 0.1) is 11.3 Å². The van der Waals surface area contributed by atoms with Crippen LogP contribution in [0.1, 0.15) is 16.8 Å². The van der Waals surface area contributed by atoms with Gasteiger partial charge in [-0.05, 0) is 12.1 Å². The smallest absolute Gasteiger partial charge is 0.268 e. The highest BCUT2D eigenvalue weighted by molar-refractivity contribution is 6.09. The molecule has 1 aromatic heterocycles. The number of alkyl halides is 2. The number of fused-ring (bicyclic) bond motifs is 1. The fourth-order valence-corrected chi connectivity index (χ4v) is 3.12. The summed E-state index contributed by atoms with van der Waals surface area (Å²) >= 11 is 0. The summed E-state index contributed by atoms with van der Waals surface area (Å²) in [7, 11) is 1.74. The summed E-state index contributed by atoms with van der Waals surface area (Å²) in [6, 6.07) is 7.34. The zero-order chi connectivity index (χ0) is 19.6. The minimum Gasteiger partial charge on any atom is -0.386 e. The van der Waals surface area contributed by atoms with Gasteiger partial charge < -0.3 is 15.5 Å². The molecule has 1 saturated heterocycles.